The molecule has 170 valence electrons. The van der Waals surface area contributed by atoms with Gasteiger partial charge in [0.2, 0.25) is 0 Å². The molecule has 31 heavy (non-hydrogen) atoms. The largest absolute Gasteiger partial charge is 0.497 e. The second-order valence-electron chi connectivity index (χ2n) is 5.39. The molecule has 0 spiro atoms. The number of hydrogen-bond donors (Lipinski definition) is 0. The lowest BCUT2D eigenvalue weighted by molar-refractivity contribution is -0.131. The van der Waals surface area contributed by atoms with Gasteiger partial charge in [-0.1, -0.05) is 84.0 Å². The van der Waals surface area contributed by atoms with Gasteiger partial charge in [0, 0.05) is 12.5 Å². The van der Waals surface area contributed by atoms with Gasteiger partial charge >= 0.3 is 5.97 Å². The van der Waals surface area contributed by atoms with Crippen LogP contribution in [0.25, 0.3) is 10.8 Å². The van der Waals surface area contributed by atoms with Crippen molar-refractivity contribution in [3.63, 3.8) is 0 Å². The molecule has 3 aromatic carbocycles. The number of carbonyl (C=O) groups excluding carboxylic acids is 2. The highest BCUT2D eigenvalue weighted by molar-refractivity contribution is 5.93. The van der Waals surface area contributed by atoms with E-state index in [9.17, 15) is 9.59 Å². The average Bonchev–Trinajstić information content (AvgIpc) is 2.83. The number of rotatable bonds is 3. The van der Waals surface area contributed by atoms with Crippen LogP contribution in [-0.4, -0.2) is 18.9 Å². The summed E-state index contributed by atoms with van der Waals surface area (Å²) in [7, 11) is 1.62. The number of carbonyl (C=O) groups is 2. The van der Waals surface area contributed by atoms with Crippen molar-refractivity contribution in [2.75, 3.05) is 7.11 Å². The minimum Gasteiger partial charge on any atom is -0.497 e. The summed E-state index contributed by atoms with van der Waals surface area (Å²) in [5.74, 6) is 1.14. The lowest BCUT2D eigenvalue weighted by Gasteiger charge is -2.05. The van der Waals surface area contributed by atoms with E-state index in [2.05, 4.69) is 0 Å². The van der Waals surface area contributed by atoms with E-state index in [-0.39, 0.29) is 11.8 Å². The van der Waals surface area contributed by atoms with Crippen LogP contribution >= 0.6 is 0 Å². The molecule has 3 aromatic rings. The zero-order valence-electron chi connectivity index (χ0n) is 20.5. The van der Waals surface area contributed by atoms with E-state index in [1.165, 1.54) is 6.92 Å². The molecule has 0 bridgehead atoms. The molecule has 0 fully saturated rings. The zero-order valence-corrected chi connectivity index (χ0v) is 20.5. The first-order chi connectivity index (χ1) is 15.0. The summed E-state index contributed by atoms with van der Waals surface area (Å²) < 4.78 is 10.2. The summed E-state index contributed by atoms with van der Waals surface area (Å²) >= 11 is 0. The molecule has 0 aliphatic carbocycles. The number of benzene rings is 3. The Labute approximate surface area is 188 Å². The monoisotopic (exact) mass is 426 g/mol. The molecule has 0 aromatic heterocycles. The molecule has 0 aliphatic rings. The summed E-state index contributed by atoms with van der Waals surface area (Å²) in [5, 5.41) is 2.06. The van der Waals surface area contributed by atoms with Crippen LogP contribution in [0.15, 0.2) is 66.7 Å². The number of ketones is 1. The first-order valence-electron chi connectivity index (χ1n) is 10.8. The van der Waals surface area contributed by atoms with Gasteiger partial charge in [-0.05, 0) is 42.0 Å². The van der Waals surface area contributed by atoms with E-state index < -0.39 is 0 Å². The molecular weight excluding hydrogens is 388 g/mol. The molecule has 0 N–H and O–H groups in total. The molecule has 0 saturated heterocycles. The van der Waals surface area contributed by atoms with Crippen molar-refractivity contribution in [1.82, 2.24) is 0 Å². The van der Waals surface area contributed by atoms with Crippen molar-refractivity contribution < 1.29 is 19.1 Å². The van der Waals surface area contributed by atoms with Crippen LogP contribution in [-0.2, 0) is 4.79 Å². The van der Waals surface area contributed by atoms with Gasteiger partial charge in [-0.2, -0.15) is 0 Å². The van der Waals surface area contributed by atoms with Gasteiger partial charge in [0.15, 0.2) is 5.78 Å². The van der Waals surface area contributed by atoms with Gasteiger partial charge in [0.05, 0.1) is 7.11 Å². The maximum absolute atomic E-state index is 10.8. The SMILES string of the molecule is CC.CC.CC.CC(=O)c1ccccc1.COc1ccc2ccc(OC(C)=O)cc2c1. The van der Waals surface area contributed by atoms with E-state index >= 15 is 0 Å². The molecule has 0 unspecified atom stereocenters. The molecule has 0 heterocycles. The second-order valence-corrected chi connectivity index (χ2v) is 5.39. The predicted molar refractivity (Wildman–Crippen MR) is 132 cm³/mol. The number of ether oxygens (including phenoxy) is 2. The van der Waals surface area contributed by atoms with Crippen LogP contribution < -0.4 is 9.47 Å². The number of fused-ring (bicyclic) bond motifs is 1. The van der Waals surface area contributed by atoms with Crippen LogP contribution in [0.2, 0.25) is 0 Å². The molecule has 3 rings (SSSR count). The van der Waals surface area contributed by atoms with Crippen molar-refractivity contribution >= 4 is 22.5 Å². The predicted octanol–water partition coefficient (Wildman–Crippen LogP) is 7.74. The molecule has 4 heteroatoms. The summed E-state index contributed by atoms with van der Waals surface area (Å²) in [5.41, 5.74) is 0.775. The van der Waals surface area contributed by atoms with Crippen molar-refractivity contribution in [3.05, 3.63) is 72.3 Å². The quantitative estimate of drug-likeness (QED) is 0.244. The van der Waals surface area contributed by atoms with Gasteiger partial charge in [0.25, 0.3) is 0 Å². The molecule has 0 amide bonds. The number of methoxy groups -OCH3 is 1. The van der Waals surface area contributed by atoms with Crippen molar-refractivity contribution in [1.29, 1.82) is 0 Å². The minimum absolute atomic E-state index is 0.121. The lowest BCUT2D eigenvalue weighted by atomic mass is 10.1. The Hall–Kier alpha value is -3.14. The average molecular weight is 427 g/mol. The van der Waals surface area contributed by atoms with E-state index in [4.69, 9.17) is 9.47 Å². The van der Waals surface area contributed by atoms with Crippen LogP contribution in [0.5, 0.6) is 11.5 Å². The Morgan fingerprint density at radius 2 is 1.13 bits per heavy atom. The highest BCUT2D eigenvalue weighted by atomic mass is 16.5. The van der Waals surface area contributed by atoms with E-state index in [1.807, 2.05) is 102 Å². The van der Waals surface area contributed by atoms with E-state index in [0.29, 0.717) is 5.75 Å². The maximum Gasteiger partial charge on any atom is 0.308 e. The third-order valence-corrected chi connectivity index (χ3v) is 3.46. The van der Waals surface area contributed by atoms with Crippen LogP contribution in [0.4, 0.5) is 0 Å². The fourth-order valence-electron chi connectivity index (χ4n) is 2.23. The van der Waals surface area contributed by atoms with Gasteiger partial charge in [-0.3, -0.25) is 9.59 Å². The topological polar surface area (TPSA) is 52.6 Å². The number of hydrogen-bond acceptors (Lipinski definition) is 4. The van der Waals surface area contributed by atoms with Crippen molar-refractivity contribution in [2.45, 2.75) is 55.4 Å². The first kappa shape index (κ1) is 30.1. The number of Topliss-reactive ketones (excluding diaryl/α,β-unsaturated/α-hetero) is 1. The van der Waals surface area contributed by atoms with E-state index in [1.54, 1.807) is 20.1 Å². The maximum atomic E-state index is 10.8. The Morgan fingerprint density at radius 3 is 1.55 bits per heavy atom. The summed E-state index contributed by atoms with van der Waals surface area (Å²) in [4.78, 5) is 21.5. The second kappa shape index (κ2) is 18.9. The van der Waals surface area contributed by atoms with Crippen LogP contribution in [0, 0.1) is 0 Å². The number of esters is 1. The van der Waals surface area contributed by atoms with Crippen LogP contribution in [0.3, 0.4) is 0 Å². The molecular formula is C27H38O4. The van der Waals surface area contributed by atoms with E-state index in [0.717, 1.165) is 22.1 Å². The van der Waals surface area contributed by atoms with Gasteiger partial charge in [0.1, 0.15) is 11.5 Å². The summed E-state index contributed by atoms with van der Waals surface area (Å²) in [6.07, 6.45) is 0. The fourth-order valence-corrected chi connectivity index (χ4v) is 2.23. The third kappa shape index (κ3) is 12.2. The lowest BCUT2D eigenvalue weighted by Crippen LogP contribution is -2.00. The first-order valence-corrected chi connectivity index (χ1v) is 10.8. The Morgan fingerprint density at radius 1 is 0.645 bits per heavy atom. The van der Waals surface area contributed by atoms with Gasteiger partial charge < -0.3 is 9.47 Å². The highest BCUT2D eigenvalue weighted by Gasteiger charge is 2.01. The fraction of sp³-hybridized carbons (Fsp3) is 0.333. The minimum atomic E-state index is -0.317. The molecule has 0 atom stereocenters. The van der Waals surface area contributed by atoms with Gasteiger partial charge in [-0.15, -0.1) is 0 Å². The summed E-state index contributed by atoms with van der Waals surface area (Å²) in [6.45, 7) is 14.9. The molecule has 0 radical (unpaired) electrons. The van der Waals surface area contributed by atoms with Crippen molar-refractivity contribution in [2.24, 2.45) is 0 Å². The van der Waals surface area contributed by atoms with Crippen molar-refractivity contribution in [3.8, 4) is 11.5 Å². The van der Waals surface area contributed by atoms with Gasteiger partial charge in [-0.25, -0.2) is 0 Å². The standard InChI is InChI=1S/C13H12O3.C8H8O.3C2H6/c1-9(14)16-13-6-4-10-3-5-12(15-2)7-11(10)8-13;1-7(9)8-5-3-2-4-6-8;3*1-2/h3-8H,1-2H3;2-6H,1H3;3*1-2H3. The Bertz CT molecular complexity index is 871. The smallest absolute Gasteiger partial charge is 0.308 e. The Kier molecular flexibility index (Phi) is 18.3. The molecule has 0 aliphatic heterocycles. The van der Waals surface area contributed by atoms with Crippen LogP contribution in [0.1, 0.15) is 65.7 Å². The Balaban J connectivity index is 0. The third-order valence-electron chi connectivity index (χ3n) is 3.46. The molecule has 0 saturated carbocycles. The highest BCUT2D eigenvalue weighted by Crippen LogP contribution is 2.24. The summed E-state index contributed by atoms with van der Waals surface area (Å²) in [6, 6.07) is 20.5. The zero-order chi connectivity index (χ0) is 24.2. The normalized spacial score (nSPS) is 8.42. The molecule has 4 nitrogen and oxygen atoms in total.